The number of nitrogens with zero attached hydrogens (tertiary/aromatic N) is 4. The smallest absolute Gasteiger partial charge is 0.154 e. The molecule has 0 bridgehead atoms. The molecule has 0 radical (unpaired) electrons. The summed E-state index contributed by atoms with van der Waals surface area (Å²) in [4.78, 5) is 8.22. The lowest BCUT2D eigenvalue weighted by Crippen LogP contribution is -2.33. The maximum Gasteiger partial charge on any atom is 0.154 e. The van der Waals surface area contributed by atoms with E-state index in [1.54, 1.807) is 11.3 Å². The second-order valence-corrected chi connectivity index (χ2v) is 6.70. The van der Waals surface area contributed by atoms with Gasteiger partial charge in [0.1, 0.15) is 11.2 Å². The lowest BCUT2D eigenvalue weighted by molar-refractivity contribution is 0.437. The van der Waals surface area contributed by atoms with Gasteiger partial charge >= 0.3 is 0 Å². The quantitative estimate of drug-likeness (QED) is 0.723. The van der Waals surface area contributed by atoms with Crippen molar-refractivity contribution in [2.24, 2.45) is 5.92 Å². The van der Waals surface area contributed by atoms with Crippen molar-refractivity contribution in [1.82, 2.24) is 14.6 Å². The molecule has 0 amide bonds. The number of rotatable bonds is 2. The molecule has 108 valence electrons. The van der Waals surface area contributed by atoms with Gasteiger partial charge in [0, 0.05) is 25.5 Å². The van der Waals surface area contributed by atoms with Crippen LogP contribution in [-0.4, -0.2) is 27.7 Å². The number of hydrogen-bond acceptors (Lipinski definition) is 4. The zero-order valence-electron chi connectivity index (χ0n) is 12.1. The van der Waals surface area contributed by atoms with Gasteiger partial charge in [0.25, 0.3) is 0 Å². The first kappa shape index (κ1) is 12.8. The summed E-state index contributed by atoms with van der Waals surface area (Å²) >= 11 is 1.72. The van der Waals surface area contributed by atoms with Crippen molar-refractivity contribution in [2.45, 2.75) is 19.8 Å². The minimum atomic E-state index is 0.826. The summed E-state index contributed by atoms with van der Waals surface area (Å²) in [6.45, 7) is 4.51. The highest BCUT2D eigenvalue weighted by Gasteiger charge is 2.20. The van der Waals surface area contributed by atoms with Gasteiger partial charge in [0.05, 0.1) is 4.88 Å². The van der Waals surface area contributed by atoms with Crippen molar-refractivity contribution in [3.05, 3.63) is 36.0 Å². The third-order valence-electron chi connectivity index (χ3n) is 4.23. The Morgan fingerprint density at radius 1 is 1.29 bits per heavy atom. The van der Waals surface area contributed by atoms with Crippen LogP contribution in [-0.2, 0) is 0 Å². The van der Waals surface area contributed by atoms with Crippen molar-refractivity contribution >= 4 is 22.7 Å². The van der Waals surface area contributed by atoms with Gasteiger partial charge in [0.15, 0.2) is 5.82 Å². The third-order valence-corrected chi connectivity index (χ3v) is 5.12. The van der Waals surface area contributed by atoms with Crippen molar-refractivity contribution in [3.8, 4) is 10.6 Å². The Hall–Kier alpha value is -1.88. The van der Waals surface area contributed by atoms with Crippen LogP contribution in [0.1, 0.15) is 19.8 Å². The van der Waals surface area contributed by atoms with Crippen molar-refractivity contribution in [2.75, 3.05) is 18.0 Å². The fourth-order valence-corrected chi connectivity index (χ4v) is 3.60. The van der Waals surface area contributed by atoms with Crippen molar-refractivity contribution in [3.63, 3.8) is 0 Å². The number of piperidine rings is 1. The molecular weight excluding hydrogens is 280 g/mol. The second kappa shape index (κ2) is 5.15. The highest BCUT2D eigenvalue weighted by atomic mass is 32.1. The summed E-state index contributed by atoms with van der Waals surface area (Å²) in [7, 11) is 0. The first-order valence-corrected chi connectivity index (χ1v) is 8.32. The van der Waals surface area contributed by atoms with Gasteiger partial charge in [0.2, 0.25) is 0 Å². The van der Waals surface area contributed by atoms with Gasteiger partial charge in [-0.05, 0) is 36.3 Å². The van der Waals surface area contributed by atoms with E-state index in [2.05, 4.69) is 45.5 Å². The second-order valence-electron chi connectivity index (χ2n) is 5.76. The maximum atomic E-state index is 4.69. The third kappa shape index (κ3) is 2.31. The molecule has 1 saturated heterocycles. The fraction of sp³-hybridized carbons (Fsp3) is 0.375. The molecule has 1 aliphatic rings. The Kier molecular flexibility index (Phi) is 3.15. The van der Waals surface area contributed by atoms with Crippen LogP contribution >= 0.6 is 11.3 Å². The highest BCUT2D eigenvalue weighted by Crippen LogP contribution is 2.29. The molecule has 1 fully saturated rings. The molecular formula is C16H18N4S. The molecule has 4 heterocycles. The fourth-order valence-electron chi connectivity index (χ4n) is 2.92. The first-order valence-electron chi connectivity index (χ1n) is 7.44. The molecule has 21 heavy (non-hydrogen) atoms. The lowest BCUT2D eigenvalue weighted by Gasteiger charge is -2.31. The molecule has 0 spiro atoms. The summed E-state index contributed by atoms with van der Waals surface area (Å²) in [6.07, 6.45) is 6.28. The SMILES string of the molecule is CC1CCN(c2nccn3nc(-c4cccs4)cc23)CC1. The van der Waals surface area contributed by atoms with E-state index in [9.17, 15) is 0 Å². The summed E-state index contributed by atoms with van der Waals surface area (Å²) in [5.41, 5.74) is 2.14. The minimum Gasteiger partial charge on any atom is -0.355 e. The standard InChI is InChI=1S/C16H18N4S/c1-12-4-7-19(8-5-12)16-14-11-13(15-3-2-10-21-15)18-20(14)9-6-17-16/h2-3,6,9-12H,4-5,7-8H2,1H3. The number of anilines is 1. The van der Waals surface area contributed by atoms with Gasteiger partial charge < -0.3 is 4.90 Å². The van der Waals surface area contributed by atoms with Gasteiger partial charge in [-0.2, -0.15) is 5.10 Å². The molecule has 5 heteroatoms. The molecule has 0 unspecified atom stereocenters. The van der Waals surface area contributed by atoms with E-state index in [4.69, 9.17) is 0 Å². The van der Waals surface area contributed by atoms with Crippen LogP contribution in [0.4, 0.5) is 5.82 Å². The van der Waals surface area contributed by atoms with E-state index in [1.165, 1.54) is 17.7 Å². The number of hydrogen-bond donors (Lipinski definition) is 0. The van der Waals surface area contributed by atoms with Crippen LogP contribution in [0, 0.1) is 5.92 Å². The topological polar surface area (TPSA) is 33.4 Å². The Morgan fingerprint density at radius 3 is 2.90 bits per heavy atom. The van der Waals surface area contributed by atoms with E-state index in [0.29, 0.717) is 0 Å². The van der Waals surface area contributed by atoms with Crippen LogP contribution in [0.15, 0.2) is 36.0 Å². The van der Waals surface area contributed by atoms with Gasteiger partial charge in [-0.25, -0.2) is 9.50 Å². The van der Waals surface area contributed by atoms with Gasteiger partial charge in [-0.3, -0.25) is 0 Å². The normalized spacial score (nSPS) is 16.7. The predicted octanol–water partition coefficient (Wildman–Crippen LogP) is 3.69. The number of fused-ring (bicyclic) bond motifs is 1. The van der Waals surface area contributed by atoms with E-state index in [1.807, 2.05) is 16.9 Å². The molecule has 4 rings (SSSR count). The predicted molar refractivity (Wildman–Crippen MR) is 86.9 cm³/mol. The zero-order chi connectivity index (χ0) is 14.2. The summed E-state index contributed by atoms with van der Waals surface area (Å²) in [5.74, 6) is 1.90. The molecule has 3 aromatic rings. The van der Waals surface area contributed by atoms with E-state index >= 15 is 0 Å². The Balaban J connectivity index is 1.76. The molecule has 1 aliphatic heterocycles. The van der Waals surface area contributed by atoms with Crippen LogP contribution in [0.2, 0.25) is 0 Å². The van der Waals surface area contributed by atoms with Crippen LogP contribution in [0.3, 0.4) is 0 Å². The van der Waals surface area contributed by atoms with Crippen LogP contribution in [0.25, 0.3) is 16.1 Å². The van der Waals surface area contributed by atoms with Crippen LogP contribution in [0.5, 0.6) is 0 Å². The van der Waals surface area contributed by atoms with Crippen molar-refractivity contribution < 1.29 is 0 Å². The average molecular weight is 298 g/mol. The van der Waals surface area contributed by atoms with E-state index < -0.39 is 0 Å². The summed E-state index contributed by atoms with van der Waals surface area (Å²) < 4.78 is 1.95. The average Bonchev–Trinajstić information content (AvgIpc) is 3.16. The van der Waals surface area contributed by atoms with Gasteiger partial charge in [-0.15, -0.1) is 11.3 Å². The highest BCUT2D eigenvalue weighted by molar-refractivity contribution is 7.13. The van der Waals surface area contributed by atoms with E-state index in [-0.39, 0.29) is 0 Å². The molecule has 0 aromatic carbocycles. The minimum absolute atomic E-state index is 0.826. The largest absolute Gasteiger partial charge is 0.355 e. The van der Waals surface area contributed by atoms with Gasteiger partial charge in [-0.1, -0.05) is 13.0 Å². The molecule has 0 N–H and O–H groups in total. The molecule has 0 atom stereocenters. The Labute approximate surface area is 128 Å². The number of aromatic nitrogens is 3. The van der Waals surface area contributed by atoms with Crippen molar-refractivity contribution in [1.29, 1.82) is 0 Å². The van der Waals surface area contributed by atoms with Crippen LogP contribution < -0.4 is 4.90 Å². The first-order chi connectivity index (χ1) is 10.3. The molecule has 0 saturated carbocycles. The summed E-state index contributed by atoms with van der Waals surface area (Å²) in [5, 5.41) is 6.77. The zero-order valence-corrected chi connectivity index (χ0v) is 12.9. The Bertz CT molecular complexity index is 739. The maximum absolute atomic E-state index is 4.69. The monoisotopic (exact) mass is 298 g/mol. The Morgan fingerprint density at radius 2 is 2.14 bits per heavy atom. The molecule has 4 nitrogen and oxygen atoms in total. The molecule has 3 aromatic heterocycles. The number of thiophene rings is 1. The van der Waals surface area contributed by atoms with E-state index in [0.717, 1.165) is 36.0 Å². The lowest BCUT2D eigenvalue weighted by atomic mass is 9.99. The summed E-state index contributed by atoms with van der Waals surface area (Å²) in [6, 6.07) is 6.34. The molecule has 0 aliphatic carbocycles.